The molecule has 0 spiro atoms. The van der Waals surface area contributed by atoms with E-state index >= 15 is 0 Å². The third-order valence-corrected chi connectivity index (χ3v) is 4.87. The molecule has 2 aliphatic heterocycles. The normalized spacial score (nSPS) is 30.6. The van der Waals surface area contributed by atoms with Crippen molar-refractivity contribution in [2.45, 2.75) is 63.4 Å². The minimum absolute atomic E-state index is 0.175. The summed E-state index contributed by atoms with van der Waals surface area (Å²) in [7, 11) is -3.79. The number of hydrogen-bond donors (Lipinski definition) is 0. The molecule has 2 fully saturated rings. The first-order valence-corrected chi connectivity index (χ1v) is 10.4. The van der Waals surface area contributed by atoms with Crippen molar-refractivity contribution in [3.63, 3.8) is 0 Å². The van der Waals surface area contributed by atoms with E-state index in [0.717, 1.165) is 11.8 Å². The molecule has 0 saturated carbocycles. The highest BCUT2D eigenvalue weighted by Gasteiger charge is 2.57. The van der Waals surface area contributed by atoms with E-state index in [9.17, 15) is 8.42 Å². The molecule has 2 aliphatic rings. The summed E-state index contributed by atoms with van der Waals surface area (Å²) in [5.74, 6) is -0.850. The fraction of sp³-hybridized carbons (Fsp3) is 0.611. The highest BCUT2D eigenvalue weighted by molar-refractivity contribution is 7.86. The first-order chi connectivity index (χ1) is 12.7. The van der Waals surface area contributed by atoms with Crippen LogP contribution in [-0.4, -0.2) is 51.2 Å². The van der Waals surface area contributed by atoms with E-state index < -0.39 is 46.6 Å². The van der Waals surface area contributed by atoms with Crippen LogP contribution in [0.4, 0.5) is 0 Å². The van der Waals surface area contributed by atoms with Gasteiger partial charge in [-0.25, -0.2) is 0 Å². The van der Waals surface area contributed by atoms with Crippen LogP contribution in [0, 0.1) is 11.3 Å². The van der Waals surface area contributed by atoms with Crippen LogP contribution in [0.3, 0.4) is 0 Å². The van der Waals surface area contributed by atoms with E-state index in [4.69, 9.17) is 28.4 Å². The van der Waals surface area contributed by atoms with Gasteiger partial charge in [-0.1, -0.05) is 30.3 Å². The van der Waals surface area contributed by atoms with Crippen molar-refractivity contribution in [1.29, 1.82) is 5.26 Å². The van der Waals surface area contributed by atoms with E-state index in [0.29, 0.717) is 0 Å². The summed E-state index contributed by atoms with van der Waals surface area (Å²) >= 11 is 0. The number of hydrogen-bond acceptors (Lipinski definition) is 8. The largest absolute Gasteiger partial charge is 0.368 e. The van der Waals surface area contributed by atoms with E-state index in [1.165, 1.54) is 0 Å². The summed E-state index contributed by atoms with van der Waals surface area (Å²) in [4.78, 5) is 0. The van der Waals surface area contributed by atoms with Crippen molar-refractivity contribution < 1.29 is 31.5 Å². The average molecular weight is 397 g/mol. The second kappa shape index (κ2) is 7.83. The van der Waals surface area contributed by atoms with Crippen LogP contribution >= 0.6 is 0 Å². The third kappa shape index (κ3) is 5.04. The molecule has 0 bridgehead atoms. The molecular formula is C18H23NO7S. The van der Waals surface area contributed by atoms with Gasteiger partial charge >= 0.3 is 0 Å². The van der Waals surface area contributed by atoms with Crippen LogP contribution < -0.4 is 0 Å². The Morgan fingerprint density at radius 1 is 1.26 bits per heavy atom. The van der Waals surface area contributed by atoms with Gasteiger partial charge in [-0.3, -0.25) is 4.18 Å². The molecule has 27 heavy (non-hydrogen) atoms. The third-order valence-electron chi connectivity index (χ3n) is 4.27. The number of nitrogens with zero attached hydrogens (tertiary/aromatic N) is 1. The number of rotatable bonds is 7. The molecule has 1 aromatic rings. The van der Waals surface area contributed by atoms with Crippen LogP contribution in [-0.2, 0) is 39.9 Å². The van der Waals surface area contributed by atoms with E-state index in [-0.39, 0.29) is 13.0 Å². The molecule has 0 aromatic heterocycles. The molecule has 0 N–H and O–H groups in total. The monoisotopic (exact) mass is 397 g/mol. The summed E-state index contributed by atoms with van der Waals surface area (Å²) in [6, 6.07) is 11.5. The van der Waals surface area contributed by atoms with Gasteiger partial charge in [0.2, 0.25) is 0 Å². The molecule has 3 rings (SSSR count). The first-order valence-electron chi connectivity index (χ1n) is 8.60. The maximum absolute atomic E-state index is 11.6. The van der Waals surface area contributed by atoms with Gasteiger partial charge in [-0.2, -0.15) is 13.7 Å². The molecule has 1 aromatic carbocycles. The molecule has 2 saturated heterocycles. The van der Waals surface area contributed by atoms with E-state index in [1.807, 2.05) is 36.4 Å². The van der Waals surface area contributed by atoms with Gasteiger partial charge in [0.05, 0.1) is 25.4 Å². The van der Waals surface area contributed by atoms with Gasteiger partial charge in [0.25, 0.3) is 10.1 Å². The standard InChI is InChI=1S/C18H23NO7S/c1-18(2)24-16-15(22-11-12-7-5-4-6-8-12)14(23-17(16)25-18)13(9-10-19)26-27(3,20)21/h4-8,13-17H,9,11H2,1-3H3/t13-,14+,15-,16+,17+/m0/s1. The van der Waals surface area contributed by atoms with Gasteiger partial charge in [0.1, 0.15) is 24.4 Å². The highest BCUT2D eigenvalue weighted by Crippen LogP contribution is 2.41. The van der Waals surface area contributed by atoms with Gasteiger partial charge in [0.15, 0.2) is 12.1 Å². The maximum Gasteiger partial charge on any atom is 0.264 e. The fourth-order valence-electron chi connectivity index (χ4n) is 3.28. The molecule has 0 aliphatic carbocycles. The molecule has 2 heterocycles. The number of fused-ring (bicyclic) bond motifs is 1. The first kappa shape index (κ1) is 20.2. The minimum atomic E-state index is -3.79. The quantitative estimate of drug-likeness (QED) is 0.641. The zero-order chi connectivity index (χ0) is 19.7. The van der Waals surface area contributed by atoms with Crippen LogP contribution in [0.1, 0.15) is 25.8 Å². The second-order valence-electron chi connectivity index (χ2n) is 7.03. The predicted molar refractivity (Wildman–Crippen MR) is 93.7 cm³/mol. The molecule has 5 atom stereocenters. The molecule has 9 heteroatoms. The van der Waals surface area contributed by atoms with Crippen molar-refractivity contribution >= 4 is 10.1 Å². The topological polar surface area (TPSA) is 104 Å². The predicted octanol–water partition coefficient (Wildman–Crippen LogP) is 1.71. The summed E-state index contributed by atoms with van der Waals surface area (Å²) in [6.45, 7) is 3.80. The number of ether oxygens (including phenoxy) is 4. The van der Waals surface area contributed by atoms with Gasteiger partial charge in [-0.05, 0) is 19.4 Å². The lowest BCUT2D eigenvalue weighted by Crippen LogP contribution is -2.44. The van der Waals surface area contributed by atoms with Crippen molar-refractivity contribution in [1.82, 2.24) is 0 Å². The summed E-state index contributed by atoms with van der Waals surface area (Å²) in [5, 5.41) is 9.09. The molecule has 0 radical (unpaired) electrons. The Labute approximate surface area is 159 Å². The Hall–Kier alpha value is -1.54. The summed E-state index contributed by atoms with van der Waals surface area (Å²) < 4.78 is 51.9. The molecule has 8 nitrogen and oxygen atoms in total. The van der Waals surface area contributed by atoms with Crippen LogP contribution in [0.2, 0.25) is 0 Å². The SMILES string of the molecule is CC1(C)O[C@H]2O[C@H]([C@H](CC#N)OS(C)(=O)=O)[C@H](OCc3ccccc3)[C@H]2O1. The zero-order valence-electron chi connectivity index (χ0n) is 15.4. The second-order valence-corrected chi connectivity index (χ2v) is 8.63. The van der Waals surface area contributed by atoms with Crippen molar-refractivity contribution in [2.75, 3.05) is 6.26 Å². The minimum Gasteiger partial charge on any atom is -0.368 e. The number of benzene rings is 1. The Balaban J connectivity index is 1.81. The van der Waals surface area contributed by atoms with E-state index in [2.05, 4.69) is 0 Å². The average Bonchev–Trinajstić information content (AvgIpc) is 3.04. The Bertz CT molecular complexity index is 790. The Morgan fingerprint density at radius 2 is 1.96 bits per heavy atom. The molecular weight excluding hydrogens is 374 g/mol. The van der Waals surface area contributed by atoms with Gasteiger partial charge in [-0.15, -0.1) is 0 Å². The summed E-state index contributed by atoms with van der Waals surface area (Å²) in [6.07, 6.45) is -3.03. The fourth-order valence-corrected chi connectivity index (χ4v) is 3.91. The lowest BCUT2D eigenvalue weighted by Gasteiger charge is -2.29. The van der Waals surface area contributed by atoms with Crippen LogP contribution in [0.15, 0.2) is 30.3 Å². The van der Waals surface area contributed by atoms with Crippen molar-refractivity contribution in [2.24, 2.45) is 0 Å². The molecule has 148 valence electrons. The van der Waals surface area contributed by atoms with Gasteiger partial charge in [0, 0.05) is 0 Å². The lowest BCUT2D eigenvalue weighted by atomic mass is 10.0. The van der Waals surface area contributed by atoms with E-state index in [1.54, 1.807) is 13.8 Å². The zero-order valence-corrected chi connectivity index (χ0v) is 16.2. The number of nitriles is 1. The Kier molecular flexibility index (Phi) is 5.86. The lowest BCUT2D eigenvalue weighted by molar-refractivity contribution is -0.228. The van der Waals surface area contributed by atoms with Crippen LogP contribution in [0.25, 0.3) is 0 Å². The maximum atomic E-state index is 11.6. The van der Waals surface area contributed by atoms with Gasteiger partial charge < -0.3 is 18.9 Å². The summed E-state index contributed by atoms with van der Waals surface area (Å²) in [5.41, 5.74) is 0.943. The molecule has 0 amide bonds. The van der Waals surface area contributed by atoms with Crippen molar-refractivity contribution in [3.8, 4) is 6.07 Å². The highest BCUT2D eigenvalue weighted by atomic mass is 32.2. The Morgan fingerprint density at radius 3 is 2.59 bits per heavy atom. The smallest absolute Gasteiger partial charge is 0.264 e. The molecule has 0 unspecified atom stereocenters. The van der Waals surface area contributed by atoms with Crippen molar-refractivity contribution in [3.05, 3.63) is 35.9 Å². The van der Waals surface area contributed by atoms with Crippen LogP contribution in [0.5, 0.6) is 0 Å².